The minimum atomic E-state index is 0.170. The largest absolute Gasteiger partial charge is 0.396 e. The first-order valence-electron chi connectivity index (χ1n) is 6.03. The lowest BCUT2D eigenvalue weighted by molar-refractivity contribution is 0.315. The molecule has 2 N–H and O–H groups in total. The van der Waals surface area contributed by atoms with Crippen LogP contribution in [0.5, 0.6) is 0 Å². The third-order valence-electron chi connectivity index (χ3n) is 3.15. The van der Waals surface area contributed by atoms with Crippen molar-refractivity contribution in [1.29, 1.82) is 5.26 Å². The number of nitriles is 1. The van der Waals surface area contributed by atoms with E-state index in [2.05, 4.69) is 24.9 Å². The van der Waals surface area contributed by atoms with Crippen molar-refractivity contribution in [3.05, 3.63) is 39.8 Å². The molecule has 3 heterocycles. The first-order valence-corrected chi connectivity index (χ1v) is 6.40. The molecule has 3 aromatic rings. The average molecular weight is 301 g/mol. The maximum atomic E-state index is 8.85. The zero-order chi connectivity index (χ0) is 15.0. The predicted octanol–water partition coefficient (Wildman–Crippen LogP) is 2.02. The molecule has 21 heavy (non-hydrogen) atoms. The van der Waals surface area contributed by atoms with Crippen LogP contribution in [0.15, 0.2) is 16.8 Å². The molecule has 0 aliphatic carbocycles. The van der Waals surface area contributed by atoms with Gasteiger partial charge in [-0.25, -0.2) is 14.6 Å². The van der Waals surface area contributed by atoms with Gasteiger partial charge in [-0.15, -0.1) is 0 Å². The van der Waals surface area contributed by atoms with Crippen LogP contribution in [0.4, 0.5) is 5.69 Å². The number of halogens is 1. The van der Waals surface area contributed by atoms with Gasteiger partial charge in [0.25, 0.3) is 0 Å². The number of aryl methyl sites for hydroxylation is 1. The lowest BCUT2D eigenvalue weighted by Gasteiger charge is -2.08. The Morgan fingerprint density at radius 3 is 2.86 bits per heavy atom. The van der Waals surface area contributed by atoms with E-state index in [9.17, 15) is 0 Å². The predicted molar refractivity (Wildman–Crippen MR) is 75.5 cm³/mol. The quantitative estimate of drug-likeness (QED) is 0.720. The Morgan fingerprint density at radius 2 is 2.14 bits per heavy atom. The van der Waals surface area contributed by atoms with E-state index in [-0.39, 0.29) is 5.15 Å². The molecule has 0 fully saturated rings. The smallest absolute Gasteiger partial charge is 0.226 e. The van der Waals surface area contributed by atoms with Crippen molar-refractivity contribution >= 4 is 28.5 Å². The summed E-state index contributed by atoms with van der Waals surface area (Å²) < 4.78 is 4.64. The second kappa shape index (κ2) is 5.00. The lowest BCUT2D eigenvalue weighted by Crippen LogP contribution is -2.04. The molecule has 0 aliphatic heterocycles. The number of hydrogen-bond acceptors (Lipinski definition) is 7. The van der Waals surface area contributed by atoms with E-state index >= 15 is 0 Å². The summed E-state index contributed by atoms with van der Waals surface area (Å²) in [6.07, 6.45) is 0.429. The van der Waals surface area contributed by atoms with Gasteiger partial charge in [0.2, 0.25) is 5.65 Å². The molecular weight excluding hydrogens is 292 g/mol. The number of nitrogen functional groups attached to an aromatic ring is 1. The fraction of sp³-hybridized carbons (Fsp3) is 0.154. The summed E-state index contributed by atoms with van der Waals surface area (Å²) in [5.41, 5.74) is 9.87. The van der Waals surface area contributed by atoms with Crippen LogP contribution in [-0.4, -0.2) is 20.3 Å². The van der Waals surface area contributed by atoms with Crippen LogP contribution in [0.2, 0.25) is 5.15 Å². The van der Waals surface area contributed by atoms with E-state index in [4.69, 9.17) is 22.6 Å². The summed E-state index contributed by atoms with van der Waals surface area (Å²) in [5, 5.41) is 16.4. The molecule has 0 atom stereocenters. The van der Waals surface area contributed by atoms with Crippen LogP contribution in [0, 0.1) is 18.3 Å². The topological polar surface area (TPSA) is 115 Å². The van der Waals surface area contributed by atoms with Crippen LogP contribution in [-0.2, 0) is 6.42 Å². The molecule has 0 radical (unpaired) electrons. The van der Waals surface area contributed by atoms with Crippen molar-refractivity contribution in [1.82, 2.24) is 20.3 Å². The SMILES string of the molecule is Cc1nc2nonc2c(N)c1Cc1ccc(C#N)c(Cl)n1. The summed E-state index contributed by atoms with van der Waals surface area (Å²) in [7, 11) is 0. The molecule has 8 heteroatoms. The Balaban J connectivity index is 2.05. The highest BCUT2D eigenvalue weighted by Gasteiger charge is 2.15. The van der Waals surface area contributed by atoms with E-state index in [1.54, 1.807) is 12.1 Å². The summed E-state index contributed by atoms with van der Waals surface area (Å²) >= 11 is 5.94. The third kappa shape index (κ3) is 2.26. The molecule has 0 amide bonds. The Bertz CT molecular complexity index is 882. The van der Waals surface area contributed by atoms with E-state index < -0.39 is 0 Å². The van der Waals surface area contributed by atoms with Gasteiger partial charge in [-0.1, -0.05) is 11.6 Å². The maximum Gasteiger partial charge on any atom is 0.226 e. The van der Waals surface area contributed by atoms with E-state index in [1.807, 2.05) is 13.0 Å². The lowest BCUT2D eigenvalue weighted by atomic mass is 10.0. The number of pyridine rings is 2. The molecule has 3 rings (SSSR count). The van der Waals surface area contributed by atoms with Gasteiger partial charge in [0.15, 0.2) is 5.52 Å². The maximum absolute atomic E-state index is 8.85. The highest BCUT2D eigenvalue weighted by Crippen LogP contribution is 2.25. The average Bonchev–Trinajstić information content (AvgIpc) is 2.92. The molecule has 7 nitrogen and oxygen atoms in total. The van der Waals surface area contributed by atoms with Gasteiger partial charge in [0, 0.05) is 23.4 Å². The molecule has 3 aromatic heterocycles. The van der Waals surface area contributed by atoms with Gasteiger partial charge >= 0.3 is 0 Å². The van der Waals surface area contributed by atoms with Gasteiger partial charge in [0.1, 0.15) is 11.2 Å². The number of anilines is 1. The molecule has 0 aromatic carbocycles. The van der Waals surface area contributed by atoms with Gasteiger partial charge < -0.3 is 5.73 Å². The van der Waals surface area contributed by atoms with Gasteiger partial charge in [0.05, 0.1) is 11.3 Å². The first kappa shape index (κ1) is 13.3. The fourth-order valence-corrected chi connectivity index (χ4v) is 2.26. The number of hydrogen-bond donors (Lipinski definition) is 1. The van der Waals surface area contributed by atoms with Crippen molar-refractivity contribution in [2.75, 3.05) is 5.73 Å². The minimum Gasteiger partial charge on any atom is -0.396 e. The van der Waals surface area contributed by atoms with Crippen molar-refractivity contribution < 1.29 is 4.63 Å². The molecule has 0 saturated heterocycles. The van der Waals surface area contributed by atoms with Crippen molar-refractivity contribution in [3.8, 4) is 6.07 Å². The molecule has 0 spiro atoms. The monoisotopic (exact) mass is 300 g/mol. The first-order chi connectivity index (χ1) is 10.1. The Morgan fingerprint density at radius 1 is 1.33 bits per heavy atom. The summed E-state index contributed by atoms with van der Waals surface area (Å²) in [6.45, 7) is 1.82. The van der Waals surface area contributed by atoms with Crippen LogP contribution in [0.1, 0.15) is 22.5 Å². The summed E-state index contributed by atoms with van der Waals surface area (Å²) in [5.74, 6) is 0. The van der Waals surface area contributed by atoms with Crippen LogP contribution < -0.4 is 5.73 Å². The number of nitrogens with two attached hydrogens (primary N) is 1. The highest BCUT2D eigenvalue weighted by atomic mass is 35.5. The van der Waals surface area contributed by atoms with Gasteiger partial charge in [-0.05, 0) is 29.4 Å². The molecular formula is C13H9ClN6O. The number of aromatic nitrogens is 4. The molecule has 0 aliphatic rings. The Hall–Kier alpha value is -2.72. The zero-order valence-corrected chi connectivity index (χ0v) is 11.7. The van der Waals surface area contributed by atoms with Gasteiger partial charge in [-0.3, -0.25) is 0 Å². The number of nitrogens with zero attached hydrogens (tertiary/aromatic N) is 5. The highest BCUT2D eigenvalue weighted by molar-refractivity contribution is 6.30. The standard InChI is InChI=1S/C13H9ClN6O/c1-6-9(10(16)11-13(17-6)20-21-19-11)4-8-3-2-7(5-15)12(14)18-8/h2-3H,4,16H2,1H3. The normalized spacial score (nSPS) is 10.7. The second-order valence-electron chi connectivity index (χ2n) is 4.46. The van der Waals surface area contributed by atoms with Crippen molar-refractivity contribution in [2.45, 2.75) is 13.3 Å². The zero-order valence-electron chi connectivity index (χ0n) is 11.0. The summed E-state index contributed by atoms with van der Waals surface area (Å²) in [6, 6.07) is 5.32. The van der Waals surface area contributed by atoms with E-state index in [0.29, 0.717) is 34.5 Å². The Kier molecular flexibility index (Phi) is 3.16. The van der Waals surface area contributed by atoms with Crippen LogP contribution >= 0.6 is 11.6 Å². The minimum absolute atomic E-state index is 0.170. The molecule has 0 bridgehead atoms. The Labute approximate surface area is 124 Å². The number of fused-ring (bicyclic) bond motifs is 1. The summed E-state index contributed by atoms with van der Waals surface area (Å²) in [4.78, 5) is 8.48. The fourth-order valence-electron chi connectivity index (χ4n) is 2.05. The second-order valence-corrected chi connectivity index (χ2v) is 4.81. The third-order valence-corrected chi connectivity index (χ3v) is 3.43. The van der Waals surface area contributed by atoms with E-state index in [1.165, 1.54) is 0 Å². The number of rotatable bonds is 2. The van der Waals surface area contributed by atoms with Crippen molar-refractivity contribution in [3.63, 3.8) is 0 Å². The molecule has 104 valence electrons. The van der Waals surface area contributed by atoms with E-state index in [0.717, 1.165) is 11.3 Å². The van der Waals surface area contributed by atoms with Gasteiger partial charge in [-0.2, -0.15) is 5.26 Å². The van der Waals surface area contributed by atoms with Crippen LogP contribution in [0.3, 0.4) is 0 Å². The van der Waals surface area contributed by atoms with Crippen LogP contribution in [0.25, 0.3) is 11.2 Å². The van der Waals surface area contributed by atoms with Crippen molar-refractivity contribution in [2.24, 2.45) is 0 Å². The molecule has 0 unspecified atom stereocenters. The molecule has 0 saturated carbocycles.